The number of benzene rings is 2. The molecule has 0 amide bonds. The lowest BCUT2D eigenvalue weighted by atomic mass is 10.1. The van der Waals surface area contributed by atoms with E-state index in [0.717, 1.165) is 29.4 Å². The molecule has 0 spiro atoms. The van der Waals surface area contributed by atoms with Crippen molar-refractivity contribution < 1.29 is 19.1 Å². The zero-order chi connectivity index (χ0) is 17.8. The molecule has 3 rings (SSSR count). The summed E-state index contributed by atoms with van der Waals surface area (Å²) < 4.78 is 11.0. The van der Waals surface area contributed by atoms with Crippen LogP contribution in [0.3, 0.4) is 0 Å². The number of carboxylic acids is 1. The summed E-state index contributed by atoms with van der Waals surface area (Å²) in [7, 11) is 0. The van der Waals surface area contributed by atoms with Crippen LogP contribution < -0.4 is 15.5 Å². The molecule has 0 N–H and O–H groups in total. The Balaban J connectivity index is 1.80. The Bertz CT molecular complexity index is 954. The first kappa shape index (κ1) is 16.8. The summed E-state index contributed by atoms with van der Waals surface area (Å²) >= 11 is 0. The minimum atomic E-state index is -1.21. The molecule has 3 aromatic rings. The fourth-order valence-electron chi connectivity index (χ4n) is 2.68. The fraction of sp³-hybridized carbons (Fsp3) is 0.200. The van der Waals surface area contributed by atoms with Gasteiger partial charge in [-0.2, -0.15) is 0 Å². The molecule has 0 aliphatic heterocycles. The van der Waals surface area contributed by atoms with E-state index in [9.17, 15) is 14.7 Å². The van der Waals surface area contributed by atoms with Crippen LogP contribution in [0.4, 0.5) is 0 Å². The fourth-order valence-corrected chi connectivity index (χ4v) is 2.68. The zero-order valence-electron chi connectivity index (χ0n) is 13.8. The van der Waals surface area contributed by atoms with Gasteiger partial charge in [0, 0.05) is 17.5 Å². The highest BCUT2D eigenvalue weighted by Crippen LogP contribution is 2.24. The quantitative estimate of drug-likeness (QED) is 0.646. The van der Waals surface area contributed by atoms with Crippen LogP contribution in [0.25, 0.3) is 11.0 Å². The highest BCUT2D eigenvalue weighted by atomic mass is 16.5. The van der Waals surface area contributed by atoms with Crippen LogP contribution in [-0.4, -0.2) is 5.97 Å². The number of carbonyl (C=O) groups is 1. The van der Waals surface area contributed by atoms with E-state index in [1.54, 1.807) is 18.2 Å². The molecule has 0 aliphatic carbocycles. The molecule has 0 aliphatic rings. The lowest BCUT2D eigenvalue weighted by Crippen LogP contribution is -2.22. The minimum absolute atomic E-state index is 0.125. The Morgan fingerprint density at radius 2 is 1.88 bits per heavy atom. The standard InChI is InChI=1S/C20H18O5/c1-2-3-15-10-19(21)25-18-11-16(8-9-17(15)18)24-12-13-4-6-14(7-5-13)20(22)23/h4-11H,2-3,12H2,1H3,(H,22,23)/p-1. The lowest BCUT2D eigenvalue weighted by molar-refractivity contribution is -0.255. The molecule has 0 atom stereocenters. The molecular formula is C20H17O5-. The third-order valence-corrected chi connectivity index (χ3v) is 3.92. The largest absolute Gasteiger partial charge is 0.545 e. The van der Waals surface area contributed by atoms with E-state index >= 15 is 0 Å². The Hall–Kier alpha value is -3.08. The van der Waals surface area contributed by atoms with Gasteiger partial charge in [0.05, 0.1) is 5.97 Å². The molecule has 128 valence electrons. The van der Waals surface area contributed by atoms with E-state index in [1.165, 1.54) is 18.2 Å². The van der Waals surface area contributed by atoms with Crippen LogP contribution in [0.1, 0.15) is 34.8 Å². The Labute approximate surface area is 144 Å². The Morgan fingerprint density at radius 3 is 2.56 bits per heavy atom. The van der Waals surface area contributed by atoms with Gasteiger partial charge in [-0.05, 0) is 35.2 Å². The van der Waals surface area contributed by atoms with Crippen molar-refractivity contribution >= 4 is 16.9 Å². The van der Waals surface area contributed by atoms with Crippen molar-refractivity contribution in [2.75, 3.05) is 0 Å². The van der Waals surface area contributed by atoms with Crippen molar-refractivity contribution in [1.29, 1.82) is 0 Å². The van der Waals surface area contributed by atoms with Gasteiger partial charge in [0.15, 0.2) is 0 Å². The molecule has 0 fully saturated rings. The summed E-state index contributed by atoms with van der Waals surface area (Å²) in [5.41, 5.74) is 2.05. The highest BCUT2D eigenvalue weighted by Gasteiger charge is 2.07. The first-order valence-corrected chi connectivity index (χ1v) is 8.06. The van der Waals surface area contributed by atoms with Crippen molar-refractivity contribution in [3.05, 3.63) is 75.6 Å². The molecule has 0 bridgehead atoms. The SMILES string of the molecule is CCCc1cc(=O)oc2cc(OCc3ccc(C(=O)[O-])cc3)ccc12. The molecule has 25 heavy (non-hydrogen) atoms. The van der Waals surface area contributed by atoms with E-state index < -0.39 is 5.97 Å². The van der Waals surface area contributed by atoms with Gasteiger partial charge in [0.25, 0.3) is 0 Å². The maximum absolute atomic E-state index is 11.7. The van der Waals surface area contributed by atoms with Gasteiger partial charge in [-0.3, -0.25) is 0 Å². The number of hydrogen-bond donors (Lipinski definition) is 0. The van der Waals surface area contributed by atoms with Gasteiger partial charge in [-0.15, -0.1) is 0 Å². The predicted molar refractivity (Wildman–Crippen MR) is 91.6 cm³/mol. The van der Waals surface area contributed by atoms with Gasteiger partial charge in [0.1, 0.15) is 17.9 Å². The monoisotopic (exact) mass is 337 g/mol. The third-order valence-electron chi connectivity index (χ3n) is 3.92. The predicted octanol–water partition coefficient (Wildman–Crippen LogP) is 2.69. The van der Waals surface area contributed by atoms with Crippen LogP contribution in [0, 0.1) is 0 Å². The number of aryl methyl sites for hydroxylation is 1. The number of aromatic carboxylic acids is 1. The first-order chi connectivity index (χ1) is 12.1. The number of rotatable bonds is 6. The van der Waals surface area contributed by atoms with E-state index in [4.69, 9.17) is 9.15 Å². The van der Waals surface area contributed by atoms with E-state index in [-0.39, 0.29) is 17.8 Å². The van der Waals surface area contributed by atoms with Crippen molar-refractivity contribution in [3.8, 4) is 5.75 Å². The molecule has 5 heteroatoms. The highest BCUT2D eigenvalue weighted by molar-refractivity contribution is 5.85. The molecule has 1 aromatic heterocycles. The number of hydrogen-bond acceptors (Lipinski definition) is 5. The summed E-state index contributed by atoms with van der Waals surface area (Å²) in [5.74, 6) is -0.631. The molecule has 2 aromatic carbocycles. The van der Waals surface area contributed by atoms with Gasteiger partial charge in [-0.25, -0.2) is 4.79 Å². The van der Waals surface area contributed by atoms with Crippen LogP contribution in [0.15, 0.2) is 57.7 Å². The molecule has 0 saturated heterocycles. The number of fused-ring (bicyclic) bond motifs is 1. The Morgan fingerprint density at radius 1 is 1.12 bits per heavy atom. The molecule has 5 nitrogen and oxygen atoms in total. The second-order valence-corrected chi connectivity index (χ2v) is 5.77. The summed E-state index contributed by atoms with van der Waals surface area (Å²) in [4.78, 5) is 22.4. The smallest absolute Gasteiger partial charge is 0.336 e. The molecule has 0 unspecified atom stereocenters. The topological polar surface area (TPSA) is 79.6 Å². The number of carbonyl (C=O) groups excluding carboxylic acids is 1. The average molecular weight is 337 g/mol. The summed E-state index contributed by atoms with van der Waals surface area (Å²) in [6, 6.07) is 13.2. The summed E-state index contributed by atoms with van der Waals surface area (Å²) in [5, 5.41) is 11.6. The summed E-state index contributed by atoms with van der Waals surface area (Å²) in [6.07, 6.45) is 1.76. The normalized spacial score (nSPS) is 10.8. The molecular weight excluding hydrogens is 320 g/mol. The molecule has 0 saturated carbocycles. The second-order valence-electron chi connectivity index (χ2n) is 5.77. The van der Waals surface area contributed by atoms with Gasteiger partial charge >= 0.3 is 5.63 Å². The third kappa shape index (κ3) is 3.88. The number of ether oxygens (including phenoxy) is 1. The zero-order valence-corrected chi connectivity index (χ0v) is 13.8. The maximum atomic E-state index is 11.7. The van der Waals surface area contributed by atoms with E-state index in [1.807, 2.05) is 12.1 Å². The molecule has 0 radical (unpaired) electrons. The van der Waals surface area contributed by atoms with E-state index in [2.05, 4.69) is 6.92 Å². The second kappa shape index (κ2) is 7.21. The van der Waals surface area contributed by atoms with Crippen molar-refractivity contribution in [2.24, 2.45) is 0 Å². The van der Waals surface area contributed by atoms with Crippen LogP contribution in [-0.2, 0) is 13.0 Å². The molecule has 1 heterocycles. The van der Waals surface area contributed by atoms with Gasteiger partial charge in [-0.1, -0.05) is 37.6 Å². The van der Waals surface area contributed by atoms with Crippen LogP contribution >= 0.6 is 0 Å². The summed E-state index contributed by atoms with van der Waals surface area (Å²) in [6.45, 7) is 2.33. The lowest BCUT2D eigenvalue weighted by Gasteiger charge is -2.09. The average Bonchev–Trinajstić information content (AvgIpc) is 2.60. The van der Waals surface area contributed by atoms with Crippen molar-refractivity contribution in [1.82, 2.24) is 0 Å². The van der Waals surface area contributed by atoms with Crippen molar-refractivity contribution in [2.45, 2.75) is 26.4 Å². The first-order valence-electron chi connectivity index (χ1n) is 8.06. The van der Waals surface area contributed by atoms with Crippen LogP contribution in [0.5, 0.6) is 5.75 Å². The van der Waals surface area contributed by atoms with E-state index in [0.29, 0.717) is 11.3 Å². The van der Waals surface area contributed by atoms with Crippen molar-refractivity contribution in [3.63, 3.8) is 0 Å². The van der Waals surface area contributed by atoms with Crippen LogP contribution in [0.2, 0.25) is 0 Å². The minimum Gasteiger partial charge on any atom is -0.545 e. The Kier molecular flexibility index (Phi) is 4.84. The van der Waals surface area contributed by atoms with Gasteiger partial charge < -0.3 is 19.1 Å². The number of carboxylic acid groups (broad SMARTS) is 1. The van der Waals surface area contributed by atoms with Gasteiger partial charge in [0.2, 0.25) is 0 Å². The maximum Gasteiger partial charge on any atom is 0.336 e.